The van der Waals surface area contributed by atoms with Gasteiger partial charge in [-0.2, -0.15) is 0 Å². The monoisotopic (exact) mass is 451 g/mol. The highest BCUT2D eigenvalue weighted by molar-refractivity contribution is 7.89. The fraction of sp³-hybridized carbons (Fsp3) is 0.636. The summed E-state index contributed by atoms with van der Waals surface area (Å²) in [6, 6.07) is 4.65. The van der Waals surface area contributed by atoms with Crippen molar-refractivity contribution in [3.8, 4) is 0 Å². The van der Waals surface area contributed by atoms with E-state index in [1.165, 1.54) is 39.1 Å². The second-order valence-corrected chi connectivity index (χ2v) is 10.6. The molecule has 1 aromatic rings. The van der Waals surface area contributed by atoms with Crippen LogP contribution in [-0.4, -0.2) is 64.4 Å². The lowest BCUT2D eigenvalue weighted by Gasteiger charge is -2.22. The molecule has 2 aliphatic rings. The van der Waals surface area contributed by atoms with Crippen LogP contribution in [0.2, 0.25) is 0 Å². The topological polar surface area (TPSA) is 96.0 Å². The molecular formula is C22H33N3O5S. The average Bonchev–Trinajstić information content (AvgIpc) is 3.16. The van der Waals surface area contributed by atoms with Crippen molar-refractivity contribution in [3.63, 3.8) is 0 Å². The number of benzene rings is 1. The number of sulfonamides is 1. The Bertz CT molecular complexity index is 886. The first-order valence-electron chi connectivity index (χ1n) is 11.1. The van der Waals surface area contributed by atoms with E-state index < -0.39 is 16.0 Å². The molecule has 8 nitrogen and oxygen atoms in total. The first-order valence-corrected chi connectivity index (χ1v) is 12.5. The maximum atomic E-state index is 12.9. The Morgan fingerprint density at radius 2 is 1.71 bits per heavy atom. The summed E-state index contributed by atoms with van der Waals surface area (Å²) in [6.07, 6.45) is 8.48. The van der Waals surface area contributed by atoms with E-state index in [4.69, 9.17) is 4.74 Å². The highest BCUT2D eigenvalue weighted by Gasteiger charge is 2.26. The molecule has 0 radical (unpaired) electrons. The maximum Gasteiger partial charge on any atom is 0.340 e. The number of carbonyl (C=O) groups excluding carboxylic acids is 2. The van der Waals surface area contributed by atoms with E-state index in [1.807, 2.05) is 4.90 Å². The van der Waals surface area contributed by atoms with Gasteiger partial charge in [-0.25, -0.2) is 17.5 Å². The second-order valence-electron chi connectivity index (χ2n) is 8.49. The molecule has 1 heterocycles. The third kappa shape index (κ3) is 5.98. The van der Waals surface area contributed by atoms with Crippen molar-refractivity contribution in [1.82, 2.24) is 9.62 Å². The number of anilines is 1. The van der Waals surface area contributed by atoms with E-state index in [0.29, 0.717) is 5.69 Å². The zero-order valence-corrected chi connectivity index (χ0v) is 19.2. The first-order chi connectivity index (χ1) is 14.8. The number of amides is 1. The van der Waals surface area contributed by atoms with Crippen molar-refractivity contribution in [1.29, 1.82) is 0 Å². The minimum atomic E-state index is -3.70. The minimum Gasteiger partial charge on any atom is -0.452 e. The zero-order chi connectivity index (χ0) is 22.4. The summed E-state index contributed by atoms with van der Waals surface area (Å²) in [5.74, 6) is -1.01. The van der Waals surface area contributed by atoms with Gasteiger partial charge in [0.15, 0.2) is 6.61 Å². The molecule has 3 rings (SSSR count). The van der Waals surface area contributed by atoms with Crippen molar-refractivity contribution in [2.45, 2.75) is 62.3 Å². The standard InChI is InChI=1S/C22H33N3O5S/c1-24(2)31(28,29)18-11-12-20(25-13-7-8-14-25)19(15-18)22(27)30-16-21(26)23-17-9-5-3-4-6-10-17/h11-12,15,17H,3-10,13-14,16H2,1-2H3,(H,23,26). The van der Waals surface area contributed by atoms with E-state index in [-0.39, 0.29) is 29.0 Å². The molecule has 172 valence electrons. The molecule has 0 spiro atoms. The SMILES string of the molecule is CN(C)S(=O)(=O)c1ccc(N2CCCC2)c(C(=O)OCC(=O)NC2CCCCCC2)c1. The largest absolute Gasteiger partial charge is 0.452 e. The summed E-state index contributed by atoms with van der Waals surface area (Å²) in [4.78, 5) is 27.3. The van der Waals surface area contributed by atoms with Crippen LogP contribution in [0.25, 0.3) is 0 Å². The van der Waals surface area contributed by atoms with Gasteiger partial charge in [0.2, 0.25) is 10.0 Å². The molecule has 1 aliphatic heterocycles. The van der Waals surface area contributed by atoms with Crippen LogP contribution >= 0.6 is 0 Å². The Morgan fingerprint density at radius 1 is 1.06 bits per heavy atom. The third-order valence-electron chi connectivity index (χ3n) is 5.97. The van der Waals surface area contributed by atoms with Crippen LogP contribution in [0.3, 0.4) is 0 Å². The molecule has 1 aromatic carbocycles. The average molecular weight is 452 g/mol. The predicted molar refractivity (Wildman–Crippen MR) is 119 cm³/mol. The second kappa shape index (κ2) is 10.5. The molecule has 0 bridgehead atoms. The fourth-order valence-corrected chi connectivity index (χ4v) is 5.11. The summed E-state index contributed by atoms with van der Waals surface area (Å²) < 4.78 is 31.5. The number of hydrogen-bond acceptors (Lipinski definition) is 6. The highest BCUT2D eigenvalue weighted by atomic mass is 32.2. The van der Waals surface area contributed by atoms with Crippen LogP contribution in [0.4, 0.5) is 5.69 Å². The van der Waals surface area contributed by atoms with Gasteiger partial charge in [0, 0.05) is 33.2 Å². The number of nitrogens with zero attached hydrogens (tertiary/aromatic N) is 2. The van der Waals surface area contributed by atoms with Crippen LogP contribution in [0.15, 0.2) is 23.1 Å². The van der Waals surface area contributed by atoms with Gasteiger partial charge in [-0.15, -0.1) is 0 Å². The molecule has 1 aliphatic carbocycles. The predicted octanol–water partition coefficient (Wildman–Crippen LogP) is 2.53. The van der Waals surface area contributed by atoms with E-state index in [9.17, 15) is 18.0 Å². The van der Waals surface area contributed by atoms with Crippen LogP contribution in [0, 0.1) is 0 Å². The summed E-state index contributed by atoms with van der Waals surface area (Å²) in [7, 11) is -0.811. The molecule has 1 saturated carbocycles. The van der Waals surface area contributed by atoms with Gasteiger partial charge >= 0.3 is 5.97 Å². The lowest BCUT2D eigenvalue weighted by Crippen LogP contribution is -2.37. The molecule has 0 unspecified atom stereocenters. The molecule has 31 heavy (non-hydrogen) atoms. The smallest absolute Gasteiger partial charge is 0.340 e. The molecule has 0 atom stereocenters. The lowest BCUT2D eigenvalue weighted by molar-refractivity contribution is -0.125. The zero-order valence-electron chi connectivity index (χ0n) is 18.4. The summed E-state index contributed by atoms with van der Waals surface area (Å²) in [5.41, 5.74) is 0.816. The van der Waals surface area contributed by atoms with Gasteiger partial charge in [-0.1, -0.05) is 25.7 Å². The van der Waals surface area contributed by atoms with E-state index in [2.05, 4.69) is 5.32 Å². The Labute approximate surface area is 185 Å². The highest BCUT2D eigenvalue weighted by Crippen LogP contribution is 2.28. The van der Waals surface area contributed by atoms with Crippen molar-refractivity contribution < 1.29 is 22.7 Å². The number of nitrogens with one attached hydrogen (secondary N) is 1. The van der Waals surface area contributed by atoms with Gasteiger partial charge in [-0.05, 0) is 43.9 Å². The van der Waals surface area contributed by atoms with E-state index >= 15 is 0 Å². The molecular weight excluding hydrogens is 418 g/mol. The number of rotatable bonds is 7. The Balaban J connectivity index is 1.73. The van der Waals surface area contributed by atoms with Crippen molar-refractivity contribution >= 4 is 27.6 Å². The van der Waals surface area contributed by atoms with Crippen molar-refractivity contribution in [3.05, 3.63) is 23.8 Å². The molecule has 2 fully saturated rings. The van der Waals surface area contributed by atoms with Crippen LogP contribution in [-0.2, 0) is 19.6 Å². The first kappa shape index (κ1) is 23.5. The minimum absolute atomic E-state index is 0.0234. The van der Waals surface area contributed by atoms with Gasteiger partial charge in [-0.3, -0.25) is 4.79 Å². The summed E-state index contributed by atoms with van der Waals surface area (Å²) >= 11 is 0. The Kier molecular flexibility index (Phi) is 7.94. The number of carbonyl (C=O) groups is 2. The van der Waals surface area contributed by atoms with Crippen molar-refractivity contribution in [2.75, 3.05) is 38.7 Å². The van der Waals surface area contributed by atoms with Gasteiger partial charge in [0.05, 0.1) is 16.1 Å². The third-order valence-corrected chi connectivity index (χ3v) is 7.78. The number of esters is 1. The van der Waals surface area contributed by atoms with E-state index in [1.54, 1.807) is 6.07 Å². The summed E-state index contributed by atoms with van der Waals surface area (Å²) in [6.45, 7) is 1.21. The van der Waals surface area contributed by atoms with Gasteiger partial charge in [0.1, 0.15) is 0 Å². The van der Waals surface area contributed by atoms with Gasteiger partial charge < -0.3 is 15.0 Å². The number of ether oxygens (including phenoxy) is 1. The normalized spacial score (nSPS) is 18.1. The summed E-state index contributed by atoms with van der Waals surface area (Å²) in [5, 5.41) is 2.96. The lowest BCUT2D eigenvalue weighted by atomic mass is 10.1. The quantitative estimate of drug-likeness (QED) is 0.506. The van der Waals surface area contributed by atoms with Crippen molar-refractivity contribution in [2.24, 2.45) is 0 Å². The van der Waals surface area contributed by atoms with E-state index in [0.717, 1.165) is 55.9 Å². The Morgan fingerprint density at radius 3 is 2.32 bits per heavy atom. The molecule has 9 heteroatoms. The number of hydrogen-bond donors (Lipinski definition) is 1. The van der Waals surface area contributed by atoms with Crippen LogP contribution in [0.5, 0.6) is 0 Å². The van der Waals surface area contributed by atoms with Crippen LogP contribution in [0.1, 0.15) is 61.7 Å². The fourth-order valence-electron chi connectivity index (χ4n) is 4.19. The Hall–Kier alpha value is -2.13. The van der Waals surface area contributed by atoms with Gasteiger partial charge in [0.25, 0.3) is 5.91 Å². The maximum absolute atomic E-state index is 12.9. The molecule has 1 amide bonds. The molecule has 0 aromatic heterocycles. The molecule has 1 saturated heterocycles. The molecule has 1 N–H and O–H groups in total. The van der Waals surface area contributed by atoms with Crippen LogP contribution < -0.4 is 10.2 Å².